The minimum Gasteiger partial charge on any atom is -0.481 e. The van der Waals surface area contributed by atoms with Gasteiger partial charge in [0.25, 0.3) is 0 Å². The molecular formula is C10H16N2O2S. The van der Waals surface area contributed by atoms with Gasteiger partial charge in [0.2, 0.25) is 0 Å². The fourth-order valence-electron chi connectivity index (χ4n) is 0.870. The fraction of sp³-hybridized carbons (Fsp3) is 0.700. The molecule has 0 spiro atoms. The van der Waals surface area contributed by atoms with Gasteiger partial charge in [-0.15, -0.1) is 10.2 Å². The van der Waals surface area contributed by atoms with Crippen LogP contribution in [-0.4, -0.2) is 21.3 Å². The maximum absolute atomic E-state index is 11.0. The highest BCUT2D eigenvalue weighted by Crippen LogP contribution is 2.31. The summed E-state index contributed by atoms with van der Waals surface area (Å²) in [6.45, 7) is 9.38. The summed E-state index contributed by atoms with van der Waals surface area (Å²) in [5, 5.41) is 18.5. The van der Waals surface area contributed by atoms with E-state index in [1.54, 1.807) is 13.8 Å². The third kappa shape index (κ3) is 2.34. The van der Waals surface area contributed by atoms with Gasteiger partial charge in [0.1, 0.15) is 15.4 Å². The third-order valence-electron chi connectivity index (χ3n) is 2.14. The van der Waals surface area contributed by atoms with E-state index in [2.05, 4.69) is 10.2 Å². The Morgan fingerprint density at radius 1 is 1.13 bits per heavy atom. The first-order valence-corrected chi connectivity index (χ1v) is 5.55. The van der Waals surface area contributed by atoms with Gasteiger partial charge in [0.15, 0.2) is 0 Å². The van der Waals surface area contributed by atoms with Crippen LogP contribution in [0.1, 0.15) is 44.6 Å². The molecule has 84 valence electrons. The van der Waals surface area contributed by atoms with Crippen LogP contribution in [0.4, 0.5) is 0 Å². The van der Waals surface area contributed by atoms with Crippen LogP contribution in [0.2, 0.25) is 0 Å². The number of hydrogen-bond acceptors (Lipinski definition) is 4. The van der Waals surface area contributed by atoms with Gasteiger partial charge in [-0.2, -0.15) is 0 Å². The van der Waals surface area contributed by atoms with Crippen LogP contribution in [0.15, 0.2) is 0 Å². The summed E-state index contributed by atoms with van der Waals surface area (Å²) in [7, 11) is 0. The van der Waals surface area contributed by atoms with Crippen LogP contribution in [0.3, 0.4) is 0 Å². The topological polar surface area (TPSA) is 63.1 Å². The lowest BCUT2D eigenvalue weighted by Crippen LogP contribution is -2.28. The van der Waals surface area contributed by atoms with E-state index in [0.29, 0.717) is 5.01 Å². The summed E-state index contributed by atoms with van der Waals surface area (Å²) in [4.78, 5) is 11.0. The molecule has 0 aromatic carbocycles. The summed E-state index contributed by atoms with van der Waals surface area (Å²) >= 11 is 1.37. The Kier molecular flexibility index (Phi) is 2.87. The SMILES string of the molecule is CC(C)(C)c1nnc(C(C)(C)C(=O)O)s1. The second kappa shape index (κ2) is 3.56. The normalized spacial score (nSPS) is 12.9. The first-order chi connectivity index (χ1) is 6.65. The van der Waals surface area contributed by atoms with E-state index in [1.807, 2.05) is 20.8 Å². The molecular weight excluding hydrogens is 212 g/mol. The number of hydrogen-bond donors (Lipinski definition) is 1. The van der Waals surface area contributed by atoms with Crippen molar-refractivity contribution in [2.24, 2.45) is 0 Å². The number of nitrogens with zero attached hydrogens (tertiary/aromatic N) is 2. The lowest BCUT2D eigenvalue weighted by atomic mass is 9.95. The minimum atomic E-state index is -0.957. The number of aromatic nitrogens is 2. The predicted molar refractivity (Wildman–Crippen MR) is 59.3 cm³/mol. The summed E-state index contributed by atoms with van der Waals surface area (Å²) in [5.74, 6) is -0.876. The summed E-state index contributed by atoms with van der Waals surface area (Å²) in [6, 6.07) is 0. The zero-order valence-electron chi connectivity index (χ0n) is 9.66. The van der Waals surface area contributed by atoms with Crippen molar-refractivity contribution in [3.63, 3.8) is 0 Å². The van der Waals surface area contributed by atoms with Crippen molar-refractivity contribution in [3.05, 3.63) is 10.0 Å². The van der Waals surface area contributed by atoms with Crippen LogP contribution in [0, 0.1) is 0 Å². The van der Waals surface area contributed by atoms with Crippen LogP contribution in [-0.2, 0) is 15.6 Å². The molecule has 1 heterocycles. The average molecular weight is 228 g/mol. The molecule has 0 fully saturated rings. The fourth-order valence-corrected chi connectivity index (χ4v) is 1.87. The molecule has 0 radical (unpaired) electrons. The van der Waals surface area contributed by atoms with Crippen LogP contribution < -0.4 is 0 Å². The van der Waals surface area contributed by atoms with E-state index < -0.39 is 11.4 Å². The van der Waals surface area contributed by atoms with E-state index in [9.17, 15) is 4.79 Å². The summed E-state index contributed by atoms with van der Waals surface area (Å²) < 4.78 is 0. The number of carbonyl (C=O) groups is 1. The lowest BCUT2D eigenvalue weighted by Gasteiger charge is -2.15. The number of carboxylic acid groups (broad SMARTS) is 1. The lowest BCUT2D eigenvalue weighted by molar-refractivity contribution is -0.142. The highest BCUT2D eigenvalue weighted by atomic mass is 32.1. The van der Waals surface area contributed by atoms with Gasteiger partial charge in [-0.25, -0.2) is 0 Å². The molecule has 1 rings (SSSR count). The van der Waals surface area contributed by atoms with Crippen molar-refractivity contribution >= 4 is 17.3 Å². The molecule has 1 N–H and O–H groups in total. The molecule has 0 saturated carbocycles. The molecule has 0 bridgehead atoms. The Bertz CT molecular complexity index is 377. The Morgan fingerprint density at radius 2 is 1.60 bits per heavy atom. The monoisotopic (exact) mass is 228 g/mol. The molecule has 0 aliphatic heterocycles. The molecule has 0 unspecified atom stereocenters. The third-order valence-corrected chi connectivity index (χ3v) is 3.81. The molecule has 1 aromatic rings. The highest BCUT2D eigenvalue weighted by Gasteiger charge is 2.34. The molecule has 4 nitrogen and oxygen atoms in total. The predicted octanol–water partition coefficient (Wildman–Crippen LogP) is 2.20. The Morgan fingerprint density at radius 3 is 1.93 bits per heavy atom. The minimum absolute atomic E-state index is 0.0789. The average Bonchev–Trinajstić information content (AvgIpc) is 2.50. The quantitative estimate of drug-likeness (QED) is 0.842. The smallest absolute Gasteiger partial charge is 0.316 e. The number of carboxylic acids is 1. The van der Waals surface area contributed by atoms with Gasteiger partial charge in [-0.1, -0.05) is 32.1 Å². The van der Waals surface area contributed by atoms with Gasteiger partial charge < -0.3 is 5.11 Å². The van der Waals surface area contributed by atoms with Crippen LogP contribution in [0.25, 0.3) is 0 Å². The van der Waals surface area contributed by atoms with Crippen molar-refractivity contribution in [1.82, 2.24) is 10.2 Å². The Labute approximate surface area is 93.4 Å². The Balaban J connectivity index is 3.10. The number of aliphatic carboxylic acids is 1. The zero-order valence-corrected chi connectivity index (χ0v) is 10.5. The summed E-state index contributed by atoms with van der Waals surface area (Å²) in [6.07, 6.45) is 0. The van der Waals surface area contributed by atoms with Crippen LogP contribution in [0.5, 0.6) is 0 Å². The van der Waals surface area contributed by atoms with Gasteiger partial charge >= 0.3 is 5.97 Å². The van der Waals surface area contributed by atoms with Crippen molar-refractivity contribution < 1.29 is 9.90 Å². The maximum Gasteiger partial charge on any atom is 0.316 e. The first kappa shape index (κ1) is 12.1. The van der Waals surface area contributed by atoms with Crippen molar-refractivity contribution in [1.29, 1.82) is 0 Å². The van der Waals surface area contributed by atoms with Gasteiger partial charge in [0.05, 0.1) is 0 Å². The molecule has 0 aliphatic carbocycles. The van der Waals surface area contributed by atoms with Crippen molar-refractivity contribution in [3.8, 4) is 0 Å². The molecule has 0 aliphatic rings. The van der Waals surface area contributed by atoms with Gasteiger partial charge in [-0.05, 0) is 13.8 Å². The molecule has 0 saturated heterocycles. The second-order valence-electron chi connectivity index (χ2n) is 5.09. The largest absolute Gasteiger partial charge is 0.481 e. The number of rotatable bonds is 2. The molecule has 15 heavy (non-hydrogen) atoms. The van der Waals surface area contributed by atoms with E-state index >= 15 is 0 Å². The van der Waals surface area contributed by atoms with E-state index in [1.165, 1.54) is 11.3 Å². The molecule has 5 heteroatoms. The van der Waals surface area contributed by atoms with Crippen molar-refractivity contribution in [2.45, 2.75) is 45.4 Å². The van der Waals surface area contributed by atoms with E-state index in [4.69, 9.17) is 5.11 Å². The molecule has 0 amide bonds. The zero-order chi connectivity index (χ0) is 11.9. The molecule has 0 atom stereocenters. The van der Waals surface area contributed by atoms with Crippen molar-refractivity contribution in [2.75, 3.05) is 0 Å². The van der Waals surface area contributed by atoms with E-state index in [0.717, 1.165) is 5.01 Å². The summed E-state index contributed by atoms with van der Waals surface area (Å²) in [5.41, 5.74) is -1.04. The highest BCUT2D eigenvalue weighted by molar-refractivity contribution is 7.11. The Hall–Kier alpha value is -0.970. The van der Waals surface area contributed by atoms with Gasteiger partial charge in [-0.3, -0.25) is 4.79 Å². The first-order valence-electron chi connectivity index (χ1n) is 4.73. The second-order valence-corrected chi connectivity index (χ2v) is 6.07. The maximum atomic E-state index is 11.0. The van der Waals surface area contributed by atoms with Crippen LogP contribution >= 0.6 is 11.3 Å². The molecule has 1 aromatic heterocycles. The van der Waals surface area contributed by atoms with E-state index in [-0.39, 0.29) is 5.41 Å². The standard InChI is InChI=1S/C10H16N2O2S/c1-9(2,3)6-11-12-7(15-6)10(4,5)8(13)14/h1-5H3,(H,13,14). The van der Waals surface area contributed by atoms with Gasteiger partial charge in [0, 0.05) is 5.41 Å².